The highest BCUT2D eigenvalue weighted by Gasteiger charge is 2.56. The largest absolute Gasteiger partial charge is 0.497 e. The van der Waals surface area contributed by atoms with Crippen LogP contribution in [0.4, 0.5) is 0 Å². The van der Waals surface area contributed by atoms with Crippen LogP contribution < -0.4 is 4.74 Å². The van der Waals surface area contributed by atoms with Crippen LogP contribution in [0.1, 0.15) is 34.8 Å². The lowest BCUT2D eigenvalue weighted by Gasteiger charge is -2.42. The maximum absolute atomic E-state index is 12.8. The zero-order valence-electron chi connectivity index (χ0n) is 13.8. The van der Waals surface area contributed by atoms with Gasteiger partial charge in [-0.15, -0.1) is 0 Å². The van der Waals surface area contributed by atoms with Crippen molar-refractivity contribution in [1.29, 1.82) is 0 Å². The summed E-state index contributed by atoms with van der Waals surface area (Å²) < 4.78 is 5.19. The molecule has 1 fully saturated rings. The maximum Gasteiger partial charge on any atom is 0.187 e. The number of benzene rings is 2. The van der Waals surface area contributed by atoms with Crippen LogP contribution in [-0.4, -0.2) is 29.6 Å². The number of carbonyl (C=O) groups excluding carboxylic acids is 2. The highest BCUT2D eigenvalue weighted by atomic mass is 16.5. The van der Waals surface area contributed by atoms with Gasteiger partial charge in [0.15, 0.2) is 11.6 Å². The van der Waals surface area contributed by atoms with Crippen LogP contribution in [0, 0.1) is 0 Å². The summed E-state index contributed by atoms with van der Waals surface area (Å²) in [5.74, 6) is 0.746. The Balaban J connectivity index is 1.76. The van der Waals surface area contributed by atoms with E-state index in [1.807, 2.05) is 48.5 Å². The number of hydrogen-bond donors (Lipinski definition) is 0. The fourth-order valence-corrected chi connectivity index (χ4v) is 4.04. The van der Waals surface area contributed by atoms with E-state index >= 15 is 0 Å². The Morgan fingerprint density at radius 2 is 1.83 bits per heavy atom. The van der Waals surface area contributed by atoms with Gasteiger partial charge >= 0.3 is 0 Å². The molecule has 24 heavy (non-hydrogen) atoms. The molecule has 2 aromatic rings. The number of ether oxygens (including phenoxy) is 1. The summed E-state index contributed by atoms with van der Waals surface area (Å²) in [5, 5.41) is 0. The Morgan fingerprint density at radius 1 is 1.12 bits per heavy atom. The third kappa shape index (κ3) is 2.03. The average molecular weight is 321 g/mol. The van der Waals surface area contributed by atoms with E-state index in [0.717, 1.165) is 16.9 Å². The molecule has 0 spiro atoms. The van der Waals surface area contributed by atoms with Crippen molar-refractivity contribution < 1.29 is 14.3 Å². The first-order valence-electron chi connectivity index (χ1n) is 8.11. The Hall–Kier alpha value is -2.46. The molecule has 4 nitrogen and oxygen atoms in total. The lowest BCUT2D eigenvalue weighted by molar-refractivity contribution is -0.118. The van der Waals surface area contributed by atoms with Crippen LogP contribution >= 0.6 is 0 Å². The molecular formula is C20H19NO3. The van der Waals surface area contributed by atoms with Gasteiger partial charge in [0.25, 0.3) is 0 Å². The van der Waals surface area contributed by atoms with Gasteiger partial charge in [-0.05, 0) is 30.2 Å². The summed E-state index contributed by atoms with van der Waals surface area (Å²) in [7, 11) is 1.63. The number of methoxy groups -OCH3 is 1. The van der Waals surface area contributed by atoms with E-state index in [1.54, 1.807) is 7.11 Å². The third-order valence-corrected chi connectivity index (χ3v) is 5.30. The van der Waals surface area contributed by atoms with Crippen LogP contribution in [0.5, 0.6) is 5.75 Å². The summed E-state index contributed by atoms with van der Waals surface area (Å²) >= 11 is 0. The monoisotopic (exact) mass is 321 g/mol. The van der Waals surface area contributed by atoms with Crippen molar-refractivity contribution >= 4 is 11.6 Å². The van der Waals surface area contributed by atoms with Gasteiger partial charge in [0.1, 0.15) is 11.8 Å². The smallest absolute Gasteiger partial charge is 0.187 e. The number of ketones is 2. The molecule has 0 radical (unpaired) electrons. The number of nitrogens with zero attached hydrogens (tertiary/aromatic N) is 1. The minimum absolute atomic E-state index is 0.0206. The summed E-state index contributed by atoms with van der Waals surface area (Å²) in [6, 6.07) is 14.7. The molecule has 2 bridgehead atoms. The van der Waals surface area contributed by atoms with Gasteiger partial charge in [-0.2, -0.15) is 0 Å². The van der Waals surface area contributed by atoms with E-state index in [2.05, 4.69) is 11.8 Å². The molecule has 0 aromatic heterocycles. The second-order valence-electron chi connectivity index (χ2n) is 6.71. The highest BCUT2D eigenvalue weighted by molar-refractivity contribution is 6.18. The Morgan fingerprint density at radius 3 is 2.54 bits per heavy atom. The van der Waals surface area contributed by atoms with Crippen molar-refractivity contribution in [3.63, 3.8) is 0 Å². The molecule has 0 aliphatic carbocycles. The fraction of sp³-hybridized carbons (Fsp3) is 0.300. The minimum atomic E-state index is -0.660. The molecule has 2 aromatic carbocycles. The first-order chi connectivity index (χ1) is 11.5. The van der Waals surface area contributed by atoms with E-state index in [4.69, 9.17) is 4.74 Å². The molecule has 122 valence electrons. The zero-order chi connectivity index (χ0) is 16.9. The summed E-state index contributed by atoms with van der Waals surface area (Å²) in [4.78, 5) is 27.5. The Kier molecular flexibility index (Phi) is 3.32. The molecule has 2 unspecified atom stereocenters. The molecule has 0 saturated carbocycles. The van der Waals surface area contributed by atoms with Crippen LogP contribution in [0.2, 0.25) is 0 Å². The lowest BCUT2D eigenvalue weighted by atomic mass is 9.82. The quantitative estimate of drug-likeness (QED) is 0.816. The third-order valence-electron chi connectivity index (χ3n) is 5.30. The van der Waals surface area contributed by atoms with Gasteiger partial charge in [-0.3, -0.25) is 14.5 Å². The van der Waals surface area contributed by atoms with Gasteiger partial charge < -0.3 is 4.74 Å². The van der Waals surface area contributed by atoms with Crippen LogP contribution in [-0.2, 0) is 16.9 Å². The van der Waals surface area contributed by atoms with Crippen molar-refractivity contribution in [2.45, 2.75) is 31.5 Å². The molecule has 4 heteroatoms. The van der Waals surface area contributed by atoms with E-state index in [9.17, 15) is 9.59 Å². The minimum Gasteiger partial charge on any atom is -0.497 e. The van der Waals surface area contributed by atoms with Crippen molar-refractivity contribution in [1.82, 2.24) is 4.90 Å². The molecule has 2 heterocycles. The summed E-state index contributed by atoms with van der Waals surface area (Å²) in [6.07, 6.45) is 0.385. The molecule has 1 saturated heterocycles. The van der Waals surface area contributed by atoms with Crippen molar-refractivity contribution in [2.24, 2.45) is 0 Å². The number of hydrogen-bond acceptors (Lipinski definition) is 4. The van der Waals surface area contributed by atoms with Crippen LogP contribution in [0.25, 0.3) is 0 Å². The number of carbonyl (C=O) groups is 2. The topological polar surface area (TPSA) is 46.6 Å². The van der Waals surface area contributed by atoms with Crippen molar-refractivity contribution in [2.75, 3.05) is 7.11 Å². The molecule has 2 aliphatic heterocycles. The molecule has 2 aliphatic rings. The molecule has 2 atom stereocenters. The van der Waals surface area contributed by atoms with Crippen LogP contribution in [0.15, 0.2) is 48.5 Å². The molecule has 0 amide bonds. The molecular weight excluding hydrogens is 302 g/mol. The van der Waals surface area contributed by atoms with Gasteiger partial charge in [-0.25, -0.2) is 0 Å². The Bertz CT molecular complexity index is 827. The maximum atomic E-state index is 12.8. The average Bonchev–Trinajstić information content (AvgIpc) is 2.81. The fourth-order valence-electron chi connectivity index (χ4n) is 4.04. The van der Waals surface area contributed by atoms with Crippen LogP contribution in [0.3, 0.4) is 0 Å². The van der Waals surface area contributed by atoms with E-state index in [0.29, 0.717) is 18.5 Å². The van der Waals surface area contributed by atoms with Gasteiger partial charge in [-0.1, -0.05) is 36.4 Å². The molecule has 0 N–H and O–H groups in total. The van der Waals surface area contributed by atoms with Gasteiger partial charge in [0.05, 0.1) is 12.6 Å². The van der Waals surface area contributed by atoms with E-state index < -0.39 is 11.6 Å². The second-order valence-corrected chi connectivity index (χ2v) is 6.71. The summed E-state index contributed by atoms with van der Waals surface area (Å²) in [6.45, 7) is 2.64. The lowest BCUT2D eigenvalue weighted by Crippen LogP contribution is -2.51. The number of rotatable bonds is 3. The van der Waals surface area contributed by atoms with Gasteiger partial charge in [0, 0.05) is 18.5 Å². The number of Topliss-reactive ketones (excluding diaryl/α,β-unsaturated/α-hetero) is 2. The first-order valence-corrected chi connectivity index (χ1v) is 8.11. The predicted molar refractivity (Wildman–Crippen MR) is 90.1 cm³/mol. The second kappa shape index (κ2) is 5.28. The zero-order valence-corrected chi connectivity index (χ0v) is 13.8. The summed E-state index contributed by atoms with van der Waals surface area (Å²) in [5.41, 5.74) is 2.30. The predicted octanol–water partition coefficient (Wildman–Crippen LogP) is 2.95. The normalized spacial score (nSPS) is 25.7. The highest BCUT2D eigenvalue weighted by Crippen LogP contribution is 2.47. The number of fused-ring (bicyclic) bond motifs is 4. The Labute approximate surface area is 141 Å². The standard InChI is InChI=1S/C20H19NO3/c1-20-11-17(22)18(19(23)15-5-3-4-6-16(15)20)21(20)12-13-7-9-14(24-2)10-8-13/h3-10,18H,11-12H2,1-2H3. The SMILES string of the molecule is COc1ccc(CN2C3C(=O)CC2(C)c2ccccc2C3=O)cc1. The van der Waals surface area contributed by atoms with Gasteiger partial charge in [0.2, 0.25) is 0 Å². The van der Waals surface area contributed by atoms with E-state index in [1.165, 1.54) is 0 Å². The van der Waals surface area contributed by atoms with Crippen molar-refractivity contribution in [3.8, 4) is 5.75 Å². The van der Waals surface area contributed by atoms with E-state index in [-0.39, 0.29) is 11.6 Å². The molecule has 4 rings (SSSR count). The van der Waals surface area contributed by atoms with Crippen molar-refractivity contribution in [3.05, 3.63) is 65.2 Å². The first kappa shape index (κ1) is 15.1.